The highest BCUT2D eigenvalue weighted by Gasteiger charge is 2.35. The number of aromatic nitrogens is 3. The standard InChI is InChI=1S/C24H25F3N4O4/c1-23(34,11-14-4-6-15(13-32)7-5-14)17-10-18-16(12-29-31-18)9-19(17)30-22(33)21-20(3-2-8-28-21)35-24(25,26)27/h2-3,8-10,12-15,34H,4-7,11H2,1H3,(H,29,31)(H,30,33). The van der Waals surface area contributed by atoms with Crippen LogP contribution in [0.15, 0.2) is 36.7 Å². The van der Waals surface area contributed by atoms with Gasteiger partial charge in [-0.15, -0.1) is 13.2 Å². The van der Waals surface area contributed by atoms with E-state index in [0.717, 1.165) is 38.0 Å². The molecule has 8 nitrogen and oxygen atoms in total. The number of nitrogens with one attached hydrogen (secondary N) is 2. The van der Waals surface area contributed by atoms with Crippen LogP contribution in [-0.2, 0) is 10.4 Å². The number of hydrogen-bond donors (Lipinski definition) is 3. The molecule has 1 fully saturated rings. The topological polar surface area (TPSA) is 117 Å². The fraction of sp³-hybridized carbons (Fsp3) is 0.417. The Morgan fingerprint density at radius 2 is 2.03 bits per heavy atom. The fourth-order valence-corrected chi connectivity index (χ4v) is 4.69. The zero-order valence-electron chi connectivity index (χ0n) is 18.9. The zero-order chi connectivity index (χ0) is 25.2. The lowest BCUT2D eigenvalue weighted by Gasteiger charge is -2.33. The van der Waals surface area contributed by atoms with Crippen LogP contribution in [0.4, 0.5) is 18.9 Å². The maximum Gasteiger partial charge on any atom is 0.573 e. The minimum atomic E-state index is -4.99. The molecule has 1 saturated carbocycles. The maximum atomic E-state index is 13.0. The smallest absolute Gasteiger partial charge is 0.403 e. The van der Waals surface area contributed by atoms with Gasteiger partial charge in [-0.3, -0.25) is 9.89 Å². The van der Waals surface area contributed by atoms with Crippen LogP contribution >= 0.6 is 0 Å². The normalized spacial score (nSPS) is 20.3. The van der Waals surface area contributed by atoms with Gasteiger partial charge >= 0.3 is 6.36 Å². The number of alkyl halides is 3. The summed E-state index contributed by atoms with van der Waals surface area (Å²) in [4.78, 5) is 27.8. The van der Waals surface area contributed by atoms with E-state index in [4.69, 9.17) is 0 Å². The van der Waals surface area contributed by atoms with Crippen LogP contribution in [0.1, 0.15) is 55.1 Å². The van der Waals surface area contributed by atoms with Gasteiger partial charge in [-0.05, 0) is 69.2 Å². The Hall–Kier alpha value is -3.47. The average molecular weight is 490 g/mol. The summed E-state index contributed by atoms with van der Waals surface area (Å²) in [5.74, 6) is -1.44. The number of pyridine rings is 1. The molecule has 1 aliphatic carbocycles. The van der Waals surface area contributed by atoms with Crippen LogP contribution in [-0.4, -0.2) is 38.8 Å². The lowest BCUT2D eigenvalue weighted by molar-refractivity contribution is -0.274. The third kappa shape index (κ3) is 5.79. The van der Waals surface area contributed by atoms with E-state index in [9.17, 15) is 27.9 Å². The Morgan fingerprint density at radius 3 is 2.71 bits per heavy atom. The van der Waals surface area contributed by atoms with Crippen molar-refractivity contribution in [2.45, 2.75) is 51.0 Å². The first kappa shape index (κ1) is 24.6. The molecule has 186 valence electrons. The average Bonchev–Trinajstić information content (AvgIpc) is 3.25. The molecule has 0 radical (unpaired) electrons. The van der Waals surface area contributed by atoms with E-state index < -0.39 is 29.3 Å². The summed E-state index contributed by atoms with van der Waals surface area (Å²) in [5.41, 5.74) is -0.694. The molecule has 1 aliphatic rings. The number of benzene rings is 1. The molecule has 2 heterocycles. The highest BCUT2D eigenvalue weighted by Crippen LogP contribution is 2.40. The van der Waals surface area contributed by atoms with E-state index in [2.05, 4.69) is 25.2 Å². The summed E-state index contributed by atoms with van der Waals surface area (Å²) in [6, 6.07) is 5.49. The molecule has 2 aromatic heterocycles. The molecule has 0 spiro atoms. The molecule has 11 heteroatoms. The van der Waals surface area contributed by atoms with Crippen molar-refractivity contribution in [1.29, 1.82) is 0 Å². The van der Waals surface area contributed by atoms with Gasteiger partial charge in [0.05, 0.1) is 17.3 Å². The number of halogens is 3. The van der Waals surface area contributed by atoms with Crippen LogP contribution in [0.25, 0.3) is 10.9 Å². The van der Waals surface area contributed by atoms with E-state index in [1.54, 1.807) is 19.1 Å². The second kappa shape index (κ2) is 9.65. The first-order valence-corrected chi connectivity index (χ1v) is 11.2. The number of amides is 1. The minimum Gasteiger partial charge on any atom is -0.403 e. The first-order valence-electron chi connectivity index (χ1n) is 11.2. The van der Waals surface area contributed by atoms with Crippen LogP contribution < -0.4 is 10.1 Å². The van der Waals surface area contributed by atoms with Gasteiger partial charge in [-0.25, -0.2) is 4.98 Å². The Labute approximate surface area is 198 Å². The van der Waals surface area contributed by atoms with Crippen molar-refractivity contribution in [2.75, 3.05) is 5.32 Å². The van der Waals surface area contributed by atoms with Gasteiger partial charge in [0, 0.05) is 28.8 Å². The predicted octanol–water partition coefficient (Wildman–Crippen LogP) is 4.71. The van der Waals surface area contributed by atoms with Crippen molar-refractivity contribution in [3.05, 3.63) is 47.9 Å². The summed E-state index contributed by atoms with van der Waals surface area (Å²) in [6.07, 6.45) is 2.18. The molecule has 1 unspecified atom stereocenters. The molecule has 4 rings (SSSR count). The van der Waals surface area contributed by atoms with Crippen molar-refractivity contribution in [1.82, 2.24) is 15.2 Å². The summed E-state index contributed by atoms with van der Waals surface area (Å²) in [7, 11) is 0. The van der Waals surface area contributed by atoms with Gasteiger partial charge in [0.1, 0.15) is 6.29 Å². The van der Waals surface area contributed by atoms with E-state index in [0.29, 0.717) is 22.9 Å². The third-order valence-corrected chi connectivity index (χ3v) is 6.39. The summed E-state index contributed by atoms with van der Waals surface area (Å²) < 4.78 is 42.3. The van der Waals surface area contributed by atoms with Crippen LogP contribution in [0.2, 0.25) is 0 Å². The summed E-state index contributed by atoms with van der Waals surface area (Å²) >= 11 is 0. The largest absolute Gasteiger partial charge is 0.573 e. The molecule has 1 atom stereocenters. The van der Waals surface area contributed by atoms with Crippen molar-refractivity contribution < 1.29 is 32.6 Å². The highest BCUT2D eigenvalue weighted by molar-refractivity contribution is 6.06. The number of rotatable bonds is 7. The number of H-pyrrole nitrogens is 1. The van der Waals surface area contributed by atoms with E-state index in [-0.39, 0.29) is 17.5 Å². The monoisotopic (exact) mass is 490 g/mol. The number of carbonyl (C=O) groups excluding carboxylic acids is 2. The molecule has 0 saturated heterocycles. The number of aliphatic hydroxyl groups is 1. The van der Waals surface area contributed by atoms with Crippen LogP contribution in [0.5, 0.6) is 5.75 Å². The van der Waals surface area contributed by atoms with Crippen molar-refractivity contribution >= 4 is 28.8 Å². The number of nitrogens with zero attached hydrogens (tertiary/aromatic N) is 2. The highest BCUT2D eigenvalue weighted by atomic mass is 19.4. The van der Waals surface area contributed by atoms with Crippen LogP contribution in [0, 0.1) is 11.8 Å². The number of aromatic amines is 1. The molecule has 1 aromatic carbocycles. The number of aldehydes is 1. The van der Waals surface area contributed by atoms with Gasteiger partial charge in [-0.1, -0.05) is 0 Å². The summed E-state index contributed by atoms with van der Waals surface area (Å²) in [5, 5.41) is 21.5. The zero-order valence-corrected chi connectivity index (χ0v) is 18.9. The van der Waals surface area contributed by atoms with Crippen molar-refractivity contribution in [3.8, 4) is 5.75 Å². The number of hydrogen-bond acceptors (Lipinski definition) is 6. The molecular formula is C24H25F3N4O4. The number of fused-ring (bicyclic) bond motifs is 1. The van der Waals surface area contributed by atoms with Gasteiger partial charge in [-0.2, -0.15) is 5.10 Å². The number of anilines is 1. The molecule has 35 heavy (non-hydrogen) atoms. The maximum absolute atomic E-state index is 13.0. The first-order chi connectivity index (χ1) is 16.6. The SMILES string of the molecule is CC(O)(CC1CCC(C=O)CC1)c1cc2[nH]ncc2cc1NC(=O)c1ncccc1OC(F)(F)F. The van der Waals surface area contributed by atoms with E-state index >= 15 is 0 Å². The molecule has 1 amide bonds. The Kier molecular flexibility index (Phi) is 6.79. The van der Waals surface area contributed by atoms with E-state index in [1.807, 2.05) is 0 Å². The predicted molar refractivity (Wildman–Crippen MR) is 121 cm³/mol. The molecule has 0 bridgehead atoms. The Morgan fingerprint density at radius 1 is 1.29 bits per heavy atom. The van der Waals surface area contributed by atoms with Crippen molar-refractivity contribution in [3.63, 3.8) is 0 Å². The molecular weight excluding hydrogens is 465 g/mol. The minimum absolute atomic E-state index is 0.0406. The second-order valence-corrected chi connectivity index (χ2v) is 9.10. The van der Waals surface area contributed by atoms with E-state index in [1.165, 1.54) is 18.5 Å². The molecule has 0 aliphatic heterocycles. The molecule has 3 aromatic rings. The second-order valence-electron chi connectivity index (χ2n) is 9.10. The summed E-state index contributed by atoms with van der Waals surface area (Å²) in [6.45, 7) is 1.63. The quantitative estimate of drug-likeness (QED) is 0.413. The van der Waals surface area contributed by atoms with Gasteiger partial charge in [0.15, 0.2) is 11.4 Å². The number of carbonyl (C=O) groups is 2. The lowest BCUT2D eigenvalue weighted by atomic mass is 9.75. The Balaban J connectivity index is 1.63. The third-order valence-electron chi connectivity index (χ3n) is 6.39. The van der Waals surface area contributed by atoms with Gasteiger partial charge in [0.25, 0.3) is 5.91 Å². The molecule has 3 N–H and O–H groups in total. The van der Waals surface area contributed by atoms with Crippen LogP contribution in [0.3, 0.4) is 0 Å². The Bertz CT molecular complexity index is 1220. The van der Waals surface area contributed by atoms with Crippen molar-refractivity contribution in [2.24, 2.45) is 11.8 Å². The number of ether oxygens (including phenoxy) is 1. The van der Waals surface area contributed by atoms with Gasteiger partial charge < -0.3 is 20.0 Å². The lowest BCUT2D eigenvalue weighted by Crippen LogP contribution is -2.29. The van der Waals surface area contributed by atoms with Gasteiger partial charge in [0.2, 0.25) is 0 Å². The fourth-order valence-electron chi connectivity index (χ4n) is 4.69.